The van der Waals surface area contributed by atoms with Gasteiger partial charge in [0, 0.05) is 44.5 Å². The third-order valence-electron chi connectivity index (χ3n) is 21.7. The molecule has 0 heterocycles. The van der Waals surface area contributed by atoms with Crippen LogP contribution in [0.25, 0.3) is 177 Å². The Morgan fingerprint density at radius 2 is 0.360 bits per heavy atom. The SMILES string of the molecule is C#Cc1cccc(-c2ccc(-c3cc(-c4cc(-c5ccccc5)cc(-c5ccccc5)c4)cc(-c4c5ccccc5c(-c5cc(-c6cc(-c7ccccc7)cc(-c7ccccc7)c6)cc(-c6ccc(-c7cccc(C#C)c7C#C)cc6-c6cccc(C#C)c6C#C)c5)c5ccccc45)c3)c(-c3cccc(C#C)c3C#C)c2)c1C#C. The first-order valence-electron chi connectivity index (χ1n) is 37.5. The molecule has 0 radical (unpaired) electrons. The molecule has 0 N–H and O–H groups in total. The van der Waals surface area contributed by atoms with Crippen LogP contribution in [0.2, 0.25) is 0 Å². The first-order valence-corrected chi connectivity index (χ1v) is 37.5. The predicted octanol–water partition coefficient (Wildman–Crippen LogP) is 27.2. The highest BCUT2D eigenvalue weighted by Crippen LogP contribution is 2.51. The van der Waals surface area contributed by atoms with E-state index in [1.54, 1.807) is 0 Å². The molecule has 114 heavy (non-hydrogen) atoms. The number of hydrogen-bond acceptors (Lipinski definition) is 0. The van der Waals surface area contributed by atoms with Gasteiger partial charge in [0.15, 0.2) is 0 Å². The smallest absolute Gasteiger partial charge is 0.0477 e. The summed E-state index contributed by atoms with van der Waals surface area (Å²) in [7, 11) is 0. The quantitative estimate of drug-likeness (QED) is 0.0752. The Morgan fingerprint density at radius 1 is 0.132 bits per heavy atom. The Bertz CT molecular complexity index is 6540. The summed E-state index contributed by atoms with van der Waals surface area (Å²) in [6, 6.07) is 124. The predicted molar refractivity (Wildman–Crippen MR) is 481 cm³/mol. The van der Waals surface area contributed by atoms with E-state index in [2.05, 4.69) is 339 Å². The van der Waals surface area contributed by atoms with Gasteiger partial charge in [-0.2, -0.15) is 0 Å². The van der Waals surface area contributed by atoms with Crippen molar-refractivity contribution in [2.24, 2.45) is 0 Å². The lowest BCUT2D eigenvalue weighted by atomic mass is 9.81. The van der Waals surface area contributed by atoms with Crippen molar-refractivity contribution in [2.75, 3.05) is 0 Å². The van der Waals surface area contributed by atoms with Gasteiger partial charge in [-0.1, -0.05) is 290 Å². The first-order chi connectivity index (χ1) is 56.2. The average molecular weight is 1440 g/mol. The van der Waals surface area contributed by atoms with E-state index in [4.69, 9.17) is 51.4 Å². The van der Waals surface area contributed by atoms with E-state index in [-0.39, 0.29) is 0 Å². The third-order valence-corrected chi connectivity index (χ3v) is 21.7. The number of hydrogen-bond donors (Lipinski definition) is 0. The second-order valence-corrected chi connectivity index (χ2v) is 28.1. The zero-order valence-electron chi connectivity index (χ0n) is 62.1. The van der Waals surface area contributed by atoms with Crippen LogP contribution in [-0.2, 0) is 0 Å². The average Bonchev–Trinajstić information content (AvgIpc) is 0.724. The zero-order chi connectivity index (χ0) is 77.8. The summed E-state index contributed by atoms with van der Waals surface area (Å²) in [5.74, 6) is 23.4. The lowest BCUT2D eigenvalue weighted by Gasteiger charge is -2.22. The van der Waals surface area contributed by atoms with Crippen molar-refractivity contribution >= 4 is 21.5 Å². The fourth-order valence-corrected chi connectivity index (χ4v) is 16.3. The van der Waals surface area contributed by atoms with Gasteiger partial charge in [0.05, 0.1) is 0 Å². The molecule has 0 unspecified atom stereocenters. The minimum atomic E-state index is 0.599. The van der Waals surface area contributed by atoms with Crippen molar-refractivity contribution in [3.8, 4) is 255 Å². The van der Waals surface area contributed by atoms with Gasteiger partial charge in [0.2, 0.25) is 0 Å². The molecule has 17 aromatic rings. The van der Waals surface area contributed by atoms with Gasteiger partial charge < -0.3 is 0 Å². The molecular formula is C114H66. The van der Waals surface area contributed by atoms with Crippen LogP contribution in [0.5, 0.6) is 0 Å². The third kappa shape index (κ3) is 13.1. The van der Waals surface area contributed by atoms with Gasteiger partial charge in [-0.05, 0) is 287 Å². The number of benzene rings is 17. The number of rotatable bonds is 14. The van der Waals surface area contributed by atoms with Crippen LogP contribution in [0.4, 0.5) is 0 Å². The van der Waals surface area contributed by atoms with Gasteiger partial charge >= 0.3 is 0 Å². The molecule has 0 aliphatic heterocycles. The minimum Gasteiger partial charge on any atom is -0.115 e. The largest absolute Gasteiger partial charge is 0.115 e. The van der Waals surface area contributed by atoms with Crippen LogP contribution in [0.3, 0.4) is 0 Å². The fraction of sp³-hybridized carbons (Fsp3) is 0. The molecule has 0 aliphatic carbocycles. The summed E-state index contributed by atoms with van der Waals surface area (Å²) in [5.41, 5.74) is 32.0. The zero-order valence-corrected chi connectivity index (χ0v) is 62.1. The molecule has 0 heteroatoms. The van der Waals surface area contributed by atoms with E-state index >= 15 is 0 Å². The molecule has 17 rings (SSSR count). The van der Waals surface area contributed by atoms with Crippen molar-refractivity contribution in [3.63, 3.8) is 0 Å². The van der Waals surface area contributed by atoms with Crippen LogP contribution in [0.1, 0.15) is 44.5 Å². The molecule has 0 spiro atoms. The molecule has 0 saturated heterocycles. The molecule has 0 nitrogen and oxygen atoms in total. The Kier molecular flexibility index (Phi) is 19.1. The Labute approximate surface area is 667 Å². The molecule has 17 aromatic carbocycles. The first kappa shape index (κ1) is 70.7. The Balaban J connectivity index is 0.971. The molecule has 0 aromatic heterocycles. The molecule has 0 fully saturated rings. The van der Waals surface area contributed by atoms with E-state index in [9.17, 15) is 0 Å². The summed E-state index contributed by atoms with van der Waals surface area (Å²) in [5, 5.41) is 4.16. The van der Waals surface area contributed by atoms with Crippen molar-refractivity contribution in [1.82, 2.24) is 0 Å². The van der Waals surface area contributed by atoms with E-state index in [0.29, 0.717) is 44.5 Å². The van der Waals surface area contributed by atoms with Crippen LogP contribution < -0.4 is 0 Å². The van der Waals surface area contributed by atoms with Crippen molar-refractivity contribution in [2.45, 2.75) is 0 Å². The molecular weight excluding hydrogens is 1370 g/mol. The van der Waals surface area contributed by atoms with E-state index in [1.165, 1.54) is 0 Å². The van der Waals surface area contributed by atoms with Crippen LogP contribution in [-0.4, -0.2) is 0 Å². The topological polar surface area (TPSA) is 0 Å². The normalized spacial score (nSPS) is 10.7. The van der Waals surface area contributed by atoms with Gasteiger partial charge in [0.1, 0.15) is 0 Å². The van der Waals surface area contributed by atoms with Crippen molar-refractivity contribution < 1.29 is 0 Å². The maximum atomic E-state index is 6.58. The highest BCUT2D eigenvalue weighted by atomic mass is 14.3. The second-order valence-electron chi connectivity index (χ2n) is 28.1. The maximum absolute atomic E-state index is 6.58. The van der Waals surface area contributed by atoms with Gasteiger partial charge in [-0.3, -0.25) is 0 Å². The van der Waals surface area contributed by atoms with Crippen LogP contribution in [0, 0.1) is 98.8 Å². The highest BCUT2D eigenvalue weighted by molar-refractivity contribution is 6.22. The van der Waals surface area contributed by atoms with E-state index < -0.39 is 0 Å². The van der Waals surface area contributed by atoms with Crippen molar-refractivity contribution in [1.29, 1.82) is 0 Å². The Morgan fingerprint density at radius 3 is 0.632 bits per heavy atom. The molecule has 0 saturated carbocycles. The second kappa shape index (κ2) is 30.8. The molecule has 0 amide bonds. The summed E-state index contributed by atoms with van der Waals surface area (Å²) in [6.07, 6.45) is 50.8. The summed E-state index contributed by atoms with van der Waals surface area (Å²) in [6.45, 7) is 0. The van der Waals surface area contributed by atoms with E-state index in [0.717, 1.165) is 177 Å². The molecule has 0 atom stereocenters. The lowest BCUT2D eigenvalue weighted by Crippen LogP contribution is -1.97. The molecule has 0 bridgehead atoms. The van der Waals surface area contributed by atoms with Crippen LogP contribution in [0.15, 0.2) is 352 Å². The standard InChI is InChI=1S/C114H66/c1-9-75-45-33-53-101(97(75)13-5)83-57-59-103(111(73-83)105-55-35-47-77(11-3)99(105)15-7)93-67-91(89-63-85(79-37-21-17-22-38-79)61-86(64-89)80-39-23-18-24-40-80)69-95(71-93)113-107-49-29-31-51-109(107)114(110-52-32-30-50-108(110)113)96-70-92(90-65-87(81-41-25-19-26-42-81)62-88(66-90)82-43-27-20-28-44-82)68-94(72-96)104-60-58-84(102-54-34-46-76(10-2)98(102)14-6)74-112(104)106-56-36-48-78(12-4)100(106)16-8/h1-8,17-74H. The summed E-state index contributed by atoms with van der Waals surface area (Å²) >= 11 is 0. The maximum Gasteiger partial charge on any atom is 0.0477 e. The van der Waals surface area contributed by atoms with Crippen molar-refractivity contribution in [3.05, 3.63) is 396 Å². The number of fused-ring (bicyclic) bond motifs is 2. The van der Waals surface area contributed by atoms with Gasteiger partial charge in [-0.25, -0.2) is 0 Å². The summed E-state index contributed by atoms with van der Waals surface area (Å²) < 4.78 is 0. The molecule has 0 aliphatic rings. The Hall–Kier alpha value is -16.3. The molecule has 522 valence electrons. The van der Waals surface area contributed by atoms with Crippen LogP contribution >= 0.6 is 0 Å². The van der Waals surface area contributed by atoms with Gasteiger partial charge in [-0.15, -0.1) is 51.4 Å². The van der Waals surface area contributed by atoms with Gasteiger partial charge in [0.25, 0.3) is 0 Å². The number of terminal acetylenes is 8. The monoisotopic (exact) mass is 1430 g/mol. The highest BCUT2D eigenvalue weighted by Gasteiger charge is 2.25. The van der Waals surface area contributed by atoms with E-state index in [1.807, 2.05) is 60.7 Å². The lowest BCUT2D eigenvalue weighted by molar-refractivity contribution is 1.51. The fourth-order valence-electron chi connectivity index (χ4n) is 16.3. The minimum absolute atomic E-state index is 0.599. The summed E-state index contributed by atoms with van der Waals surface area (Å²) in [4.78, 5) is 0.